The number of nitrogens with zero attached hydrogens (tertiary/aromatic N) is 1. The molecule has 0 saturated carbocycles. The molecule has 17 heavy (non-hydrogen) atoms. The first-order valence-electron chi connectivity index (χ1n) is 6.11. The lowest BCUT2D eigenvalue weighted by Gasteiger charge is -2.26. The molecular weight excluding hydrogens is 278 g/mol. The quantitative estimate of drug-likeness (QED) is 0.831. The summed E-state index contributed by atoms with van der Waals surface area (Å²) in [4.78, 5) is 2.46. The molecule has 0 spiro atoms. The van der Waals surface area contributed by atoms with Crippen LogP contribution in [0.15, 0.2) is 24.3 Å². The third-order valence-electron chi connectivity index (χ3n) is 3.44. The van der Waals surface area contributed by atoms with Gasteiger partial charge in [-0.15, -0.1) is 0 Å². The van der Waals surface area contributed by atoms with Gasteiger partial charge in [0.1, 0.15) is 0 Å². The van der Waals surface area contributed by atoms with Crippen LogP contribution in [0.3, 0.4) is 0 Å². The molecule has 0 radical (unpaired) electrons. The molecule has 1 aliphatic carbocycles. The fourth-order valence-electron chi connectivity index (χ4n) is 2.45. The second-order valence-corrected chi connectivity index (χ2v) is 5.49. The molecule has 0 aromatic heterocycles. The molecular formula is C14H16BrNO. The van der Waals surface area contributed by atoms with Crippen LogP contribution in [-0.2, 0) is 17.7 Å². The van der Waals surface area contributed by atoms with E-state index in [1.54, 1.807) is 0 Å². The van der Waals surface area contributed by atoms with E-state index in [1.165, 1.54) is 21.2 Å². The molecule has 2 aliphatic rings. The molecule has 3 rings (SSSR count). The maximum atomic E-state index is 5.37. The number of halogens is 1. The van der Waals surface area contributed by atoms with Crippen LogP contribution in [0.1, 0.15) is 16.7 Å². The van der Waals surface area contributed by atoms with Crippen molar-refractivity contribution in [3.05, 3.63) is 41.0 Å². The van der Waals surface area contributed by atoms with Gasteiger partial charge in [-0.2, -0.15) is 0 Å². The van der Waals surface area contributed by atoms with Crippen LogP contribution in [0.2, 0.25) is 0 Å². The molecule has 1 fully saturated rings. The molecule has 1 aromatic carbocycles. The van der Waals surface area contributed by atoms with Crippen LogP contribution >= 0.6 is 15.9 Å². The highest BCUT2D eigenvalue weighted by molar-refractivity contribution is 9.15. The Labute approximate surface area is 110 Å². The number of fused-ring (bicyclic) bond motifs is 1. The van der Waals surface area contributed by atoms with Gasteiger partial charge in [0, 0.05) is 24.1 Å². The largest absolute Gasteiger partial charge is 0.379 e. The number of hydrogen-bond donors (Lipinski definition) is 0. The van der Waals surface area contributed by atoms with Crippen LogP contribution < -0.4 is 0 Å². The van der Waals surface area contributed by atoms with Crippen molar-refractivity contribution in [2.45, 2.75) is 13.0 Å². The number of allylic oxidation sites excluding steroid dienone is 1. The molecule has 1 aliphatic heterocycles. The molecule has 90 valence electrons. The molecule has 0 amide bonds. The minimum atomic E-state index is 0.870. The van der Waals surface area contributed by atoms with Gasteiger partial charge < -0.3 is 4.74 Å². The summed E-state index contributed by atoms with van der Waals surface area (Å²) in [5, 5.41) is 0. The zero-order valence-corrected chi connectivity index (χ0v) is 11.4. The monoisotopic (exact) mass is 293 g/mol. The smallest absolute Gasteiger partial charge is 0.0594 e. The molecule has 0 N–H and O–H groups in total. The number of benzene rings is 1. The normalized spacial score (nSPS) is 20.2. The number of hydrogen-bond acceptors (Lipinski definition) is 2. The molecule has 0 unspecified atom stereocenters. The van der Waals surface area contributed by atoms with E-state index in [1.807, 2.05) is 0 Å². The SMILES string of the molecule is BrC1=CCc2ccc(CN3CCOCC3)cc21. The van der Waals surface area contributed by atoms with Crippen molar-refractivity contribution in [1.82, 2.24) is 4.90 Å². The van der Waals surface area contributed by atoms with Crippen LogP contribution in [-0.4, -0.2) is 31.2 Å². The summed E-state index contributed by atoms with van der Waals surface area (Å²) in [5.74, 6) is 0. The lowest BCUT2D eigenvalue weighted by Crippen LogP contribution is -2.35. The highest BCUT2D eigenvalue weighted by Crippen LogP contribution is 2.32. The van der Waals surface area contributed by atoms with E-state index in [4.69, 9.17) is 4.74 Å². The molecule has 0 atom stereocenters. The predicted molar refractivity (Wildman–Crippen MR) is 73.1 cm³/mol. The van der Waals surface area contributed by atoms with Gasteiger partial charge in [0.15, 0.2) is 0 Å². The summed E-state index contributed by atoms with van der Waals surface area (Å²) in [5.41, 5.74) is 4.20. The van der Waals surface area contributed by atoms with Crippen molar-refractivity contribution in [3.8, 4) is 0 Å². The van der Waals surface area contributed by atoms with Gasteiger partial charge in [-0.25, -0.2) is 0 Å². The van der Waals surface area contributed by atoms with E-state index in [0.29, 0.717) is 0 Å². The molecule has 1 heterocycles. The maximum Gasteiger partial charge on any atom is 0.0594 e. The summed E-state index contributed by atoms with van der Waals surface area (Å²) < 4.78 is 6.62. The zero-order valence-electron chi connectivity index (χ0n) is 9.79. The van der Waals surface area contributed by atoms with E-state index in [-0.39, 0.29) is 0 Å². The van der Waals surface area contributed by atoms with E-state index >= 15 is 0 Å². The minimum Gasteiger partial charge on any atom is -0.379 e. The molecule has 1 saturated heterocycles. The maximum absolute atomic E-state index is 5.37. The summed E-state index contributed by atoms with van der Waals surface area (Å²) in [6, 6.07) is 6.84. The Hall–Kier alpha value is -0.640. The Bertz CT molecular complexity index is 450. The van der Waals surface area contributed by atoms with Gasteiger partial charge in [0.2, 0.25) is 0 Å². The highest BCUT2D eigenvalue weighted by Gasteiger charge is 2.14. The van der Waals surface area contributed by atoms with Gasteiger partial charge in [-0.1, -0.05) is 34.1 Å². The average Bonchev–Trinajstić information content (AvgIpc) is 2.73. The first-order chi connectivity index (χ1) is 8.33. The topological polar surface area (TPSA) is 12.5 Å². The minimum absolute atomic E-state index is 0.870. The first-order valence-corrected chi connectivity index (χ1v) is 6.90. The molecule has 0 bridgehead atoms. The summed E-state index contributed by atoms with van der Waals surface area (Å²) in [6.45, 7) is 4.88. The van der Waals surface area contributed by atoms with Gasteiger partial charge in [0.25, 0.3) is 0 Å². The van der Waals surface area contributed by atoms with Crippen molar-refractivity contribution in [3.63, 3.8) is 0 Å². The van der Waals surface area contributed by atoms with Gasteiger partial charge in [0.05, 0.1) is 13.2 Å². The Morgan fingerprint density at radius 3 is 2.88 bits per heavy atom. The van der Waals surface area contributed by atoms with Crippen molar-refractivity contribution >= 4 is 20.4 Å². The van der Waals surface area contributed by atoms with E-state index in [0.717, 1.165) is 39.3 Å². The number of rotatable bonds is 2. The Morgan fingerprint density at radius 1 is 1.24 bits per heavy atom. The molecule has 2 nitrogen and oxygen atoms in total. The second-order valence-electron chi connectivity index (χ2n) is 4.64. The third-order valence-corrected chi connectivity index (χ3v) is 4.19. The van der Waals surface area contributed by atoms with Crippen molar-refractivity contribution < 1.29 is 4.74 Å². The Kier molecular flexibility index (Phi) is 3.32. The summed E-state index contributed by atoms with van der Waals surface area (Å²) >= 11 is 3.62. The van der Waals surface area contributed by atoms with E-state index in [2.05, 4.69) is 45.1 Å². The van der Waals surface area contributed by atoms with E-state index < -0.39 is 0 Å². The standard InChI is InChI=1S/C14H16BrNO/c15-14-4-3-12-2-1-11(9-13(12)14)10-16-5-7-17-8-6-16/h1-2,4,9H,3,5-8,10H2. The molecule has 3 heteroatoms. The van der Waals surface area contributed by atoms with Gasteiger partial charge in [-0.3, -0.25) is 4.90 Å². The average molecular weight is 294 g/mol. The fourth-order valence-corrected chi connectivity index (χ4v) is 2.98. The highest BCUT2D eigenvalue weighted by atomic mass is 79.9. The summed E-state index contributed by atoms with van der Waals surface area (Å²) in [7, 11) is 0. The van der Waals surface area contributed by atoms with Gasteiger partial charge in [-0.05, 0) is 29.2 Å². The fraction of sp³-hybridized carbons (Fsp3) is 0.429. The van der Waals surface area contributed by atoms with Crippen LogP contribution in [0.25, 0.3) is 4.48 Å². The lowest BCUT2D eigenvalue weighted by molar-refractivity contribution is 0.0342. The van der Waals surface area contributed by atoms with Crippen molar-refractivity contribution in [1.29, 1.82) is 0 Å². The number of ether oxygens (including phenoxy) is 1. The third kappa shape index (κ3) is 2.46. The lowest BCUT2D eigenvalue weighted by atomic mass is 10.1. The van der Waals surface area contributed by atoms with Crippen LogP contribution in [0, 0.1) is 0 Å². The van der Waals surface area contributed by atoms with Gasteiger partial charge >= 0.3 is 0 Å². The predicted octanol–water partition coefficient (Wildman–Crippen LogP) is 2.81. The van der Waals surface area contributed by atoms with Crippen LogP contribution in [0.5, 0.6) is 0 Å². The Morgan fingerprint density at radius 2 is 2.06 bits per heavy atom. The van der Waals surface area contributed by atoms with Crippen LogP contribution in [0.4, 0.5) is 0 Å². The summed E-state index contributed by atoms with van der Waals surface area (Å²) in [6.07, 6.45) is 3.30. The molecule has 1 aromatic rings. The zero-order chi connectivity index (χ0) is 11.7. The Balaban J connectivity index is 1.75. The van der Waals surface area contributed by atoms with Crippen molar-refractivity contribution in [2.24, 2.45) is 0 Å². The first kappa shape index (κ1) is 11.5. The number of morpholine rings is 1. The van der Waals surface area contributed by atoms with E-state index in [9.17, 15) is 0 Å². The van der Waals surface area contributed by atoms with Crippen molar-refractivity contribution in [2.75, 3.05) is 26.3 Å². The second kappa shape index (κ2) is 4.92.